The Kier molecular flexibility index (Phi) is 35.4. The van der Waals surface area contributed by atoms with E-state index in [-0.39, 0.29) is 12.0 Å². The lowest BCUT2D eigenvalue weighted by atomic mass is 10.1. The minimum absolute atomic E-state index is 0.247. The average molecular weight is 656 g/mol. The highest BCUT2D eigenvalue weighted by Crippen LogP contribution is 2.13. The second kappa shape index (κ2) is 36.5. The molecular weight excluding hydrogens is 578 g/mol. The maximum Gasteiger partial charge on any atom is 0.405 e. The lowest BCUT2D eigenvalue weighted by molar-refractivity contribution is -0.124. The van der Waals surface area contributed by atoms with Crippen LogP contribution in [0.4, 0.5) is 4.79 Å². The van der Waals surface area contributed by atoms with Crippen LogP contribution in [0.3, 0.4) is 0 Å². The van der Waals surface area contributed by atoms with Gasteiger partial charge in [0.05, 0.1) is 12.7 Å². The van der Waals surface area contributed by atoms with Crippen LogP contribution < -0.4 is 16.4 Å². The third-order valence-corrected chi connectivity index (χ3v) is 8.86. The van der Waals surface area contributed by atoms with Crippen LogP contribution in [0.25, 0.3) is 0 Å². The highest BCUT2D eigenvalue weighted by atomic mass is 16.5. The van der Waals surface area contributed by atoms with Gasteiger partial charge in [-0.1, -0.05) is 155 Å². The molecule has 0 aromatic rings. The van der Waals surface area contributed by atoms with E-state index >= 15 is 0 Å². The zero-order chi connectivity index (χ0) is 33.8. The van der Waals surface area contributed by atoms with Crippen molar-refractivity contribution in [1.82, 2.24) is 10.6 Å². The van der Waals surface area contributed by atoms with Crippen molar-refractivity contribution in [1.29, 1.82) is 0 Å². The van der Waals surface area contributed by atoms with Crippen molar-refractivity contribution in [2.75, 3.05) is 32.9 Å². The van der Waals surface area contributed by atoms with Crippen LogP contribution in [0, 0.1) is 0 Å². The SMILES string of the molecule is CCCCCCCCCCCCCCOCC(CNC(=O)C(CCCCN)NC(=O)O)OCCCCCCCCCCCCCC. The minimum atomic E-state index is -1.20. The number of nitrogens with one attached hydrogen (secondary N) is 2. The summed E-state index contributed by atoms with van der Waals surface area (Å²) in [6, 6.07) is -0.789. The molecule has 2 unspecified atom stereocenters. The number of carbonyl (C=O) groups is 2. The van der Waals surface area contributed by atoms with Gasteiger partial charge in [0.2, 0.25) is 5.91 Å². The number of hydrogen-bond acceptors (Lipinski definition) is 5. The molecule has 0 bridgehead atoms. The van der Waals surface area contributed by atoms with E-state index in [9.17, 15) is 14.7 Å². The Bertz CT molecular complexity index is 652. The molecule has 0 heterocycles. The zero-order valence-electron chi connectivity index (χ0n) is 30.4. The largest absolute Gasteiger partial charge is 0.465 e. The quantitative estimate of drug-likeness (QED) is 0.0494. The summed E-state index contributed by atoms with van der Waals surface area (Å²) in [5.41, 5.74) is 5.57. The predicted molar refractivity (Wildman–Crippen MR) is 194 cm³/mol. The van der Waals surface area contributed by atoms with Crippen molar-refractivity contribution < 1.29 is 24.2 Å². The lowest BCUT2D eigenvalue weighted by Crippen LogP contribution is -2.48. The van der Waals surface area contributed by atoms with Crippen molar-refractivity contribution in [3.63, 3.8) is 0 Å². The average Bonchev–Trinajstić information content (AvgIpc) is 3.04. The van der Waals surface area contributed by atoms with Gasteiger partial charge in [0.15, 0.2) is 0 Å². The third-order valence-electron chi connectivity index (χ3n) is 8.86. The number of carbonyl (C=O) groups excluding carboxylic acids is 1. The van der Waals surface area contributed by atoms with Crippen LogP contribution in [0.1, 0.15) is 187 Å². The summed E-state index contributed by atoms with van der Waals surface area (Å²) in [5.74, 6) is -0.320. The summed E-state index contributed by atoms with van der Waals surface area (Å²) >= 11 is 0. The molecule has 0 aliphatic heterocycles. The van der Waals surface area contributed by atoms with Gasteiger partial charge < -0.3 is 30.9 Å². The number of hydrogen-bond donors (Lipinski definition) is 4. The van der Waals surface area contributed by atoms with Crippen molar-refractivity contribution >= 4 is 12.0 Å². The summed E-state index contributed by atoms with van der Waals surface area (Å²) < 4.78 is 12.2. The molecule has 0 aliphatic rings. The summed E-state index contributed by atoms with van der Waals surface area (Å²) in [4.78, 5) is 24.0. The fourth-order valence-corrected chi connectivity index (χ4v) is 5.87. The van der Waals surface area contributed by atoms with Crippen LogP contribution in [0.2, 0.25) is 0 Å². The van der Waals surface area contributed by atoms with Gasteiger partial charge >= 0.3 is 6.09 Å². The summed E-state index contributed by atoms with van der Waals surface area (Å²) in [6.45, 7) is 7.14. The summed E-state index contributed by atoms with van der Waals surface area (Å²) in [5, 5.41) is 14.4. The van der Waals surface area contributed by atoms with Crippen molar-refractivity contribution in [3.8, 4) is 0 Å². The Morgan fingerprint density at radius 1 is 0.609 bits per heavy atom. The smallest absolute Gasteiger partial charge is 0.405 e. The minimum Gasteiger partial charge on any atom is -0.465 e. The van der Waals surface area contributed by atoms with E-state index in [0.717, 1.165) is 25.7 Å². The molecule has 2 atom stereocenters. The first kappa shape index (κ1) is 44.6. The predicted octanol–water partition coefficient (Wildman–Crippen LogP) is 9.67. The second-order valence-electron chi connectivity index (χ2n) is 13.4. The van der Waals surface area contributed by atoms with Crippen molar-refractivity contribution in [2.45, 2.75) is 199 Å². The topological polar surface area (TPSA) is 123 Å². The van der Waals surface area contributed by atoms with Crippen molar-refractivity contribution in [2.24, 2.45) is 5.73 Å². The molecular formula is C38H77N3O5. The number of rotatable bonds is 37. The fraction of sp³-hybridized carbons (Fsp3) is 0.947. The van der Waals surface area contributed by atoms with E-state index in [1.807, 2.05) is 0 Å². The van der Waals surface area contributed by atoms with Gasteiger partial charge in [-0.05, 0) is 38.6 Å². The fourth-order valence-electron chi connectivity index (χ4n) is 5.87. The van der Waals surface area contributed by atoms with Crippen LogP contribution in [0.5, 0.6) is 0 Å². The molecule has 0 aromatic carbocycles. The van der Waals surface area contributed by atoms with Gasteiger partial charge in [-0.25, -0.2) is 4.79 Å². The van der Waals surface area contributed by atoms with Crippen LogP contribution >= 0.6 is 0 Å². The van der Waals surface area contributed by atoms with Gasteiger partial charge in [0, 0.05) is 19.8 Å². The Morgan fingerprint density at radius 2 is 1.04 bits per heavy atom. The Balaban J connectivity index is 4.30. The molecule has 5 N–H and O–H groups in total. The molecule has 2 amide bonds. The maximum absolute atomic E-state index is 12.8. The standard InChI is InChI=1S/C38H77N3O5/c1-3-5-7-9-11-13-15-17-19-21-23-27-31-45-34-35(33-40-37(42)36(41-38(43)44)29-25-26-30-39)46-32-28-24-22-20-18-16-14-12-10-8-6-4-2/h35-36,41H,3-34,39H2,1-2H3,(H,40,42)(H,43,44). The summed E-state index contributed by atoms with van der Waals surface area (Å²) in [6.07, 6.45) is 31.8. The number of nitrogens with two attached hydrogens (primary N) is 1. The molecule has 0 radical (unpaired) electrons. The van der Waals surface area contributed by atoms with Gasteiger partial charge in [-0.2, -0.15) is 0 Å². The zero-order valence-corrected chi connectivity index (χ0v) is 30.4. The van der Waals surface area contributed by atoms with Crippen molar-refractivity contribution in [3.05, 3.63) is 0 Å². The number of ether oxygens (including phenoxy) is 2. The first-order valence-corrected chi connectivity index (χ1v) is 19.7. The van der Waals surface area contributed by atoms with Gasteiger partial charge in [-0.3, -0.25) is 4.79 Å². The molecule has 274 valence electrons. The number of amides is 2. The molecule has 0 rings (SSSR count). The monoisotopic (exact) mass is 656 g/mol. The van der Waals surface area contributed by atoms with Crippen LogP contribution in [0.15, 0.2) is 0 Å². The Morgan fingerprint density at radius 3 is 1.48 bits per heavy atom. The molecule has 8 heteroatoms. The third kappa shape index (κ3) is 32.6. The van der Waals surface area contributed by atoms with Gasteiger partial charge in [0.1, 0.15) is 6.04 Å². The number of carboxylic acid groups (broad SMARTS) is 1. The lowest BCUT2D eigenvalue weighted by Gasteiger charge is -2.21. The second-order valence-corrected chi connectivity index (χ2v) is 13.4. The molecule has 46 heavy (non-hydrogen) atoms. The van der Waals surface area contributed by atoms with E-state index < -0.39 is 12.1 Å². The molecule has 0 fully saturated rings. The van der Waals surface area contributed by atoms with E-state index in [1.54, 1.807) is 0 Å². The van der Waals surface area contributed by atoms with Crippen LogP contribution in [-0.4, -0.2) is 62.2 Å². The molecule has 0 saturated heterocycles. The Hall–Kier alpha value is -1.38. The summed E-state index contributed by atoms with van der Waals surface area (Å²) in [7, 11) is 0. The maximum atomic E-state index is 12.8. The normalized spacial score (nSPS) is 12.7. The first-order valence-electron chi connectivity index (χ1n) is 19.7. The molecule has 0 aromatic heterocycles. The molecule has 0 aliphatic carbocycles. The van der Waals surface area contributed by atoms with E-state index in [4.69, 9.17) is 15.2 Å². The number of unbranched alkanes of at least 4 members (excludes halogenated alkanes) is 23. The molecule has 8 nitrogen and oxygen atoms in total. The van der Waals surface area contributed by atoms with Gasteiger partial charge in [0.25, 0.3) is 0 Å². The Labute approximate surface area is 284 Å². The highest BCUT2D eigenvalue weighted by Gasteiger charge is 2.21. The molecule has 0 spiro atoms. The van der Waals surface area contributed by atoms with E-state index in [0.29, 0.717) is 45.8 Å². The first-order chi connectivity index (χ1) is 22.5. The highest BCUT2D eigenvalue weighted by molar-refractivity contribution is 5.85. The van der Waals surface area contributed by atoms with E-state index in [1.165, 1.54) is 135 Å². The van der Waals surface area contributed by atoms with E-state index in [2.05, 4.69) is 24.5 Å². The molecule has 0 saturated carbocycles. The van der Waals surface area contributed by atoms with Gasteiger partial charge in [-0.15, -0.1) is 0 Å². The van der Waals surface area contributed by atoms with Crippen LogP contribution in [-0.2, 0) is 14.3 Å².